The van der Waals surface area contributed by atoms with Crippen molar-refractivity contribution in [2.24, 2.45) is 0 Å². The number of piperidine rings is 1. The zero-order chi connectivity index (χ0) is 23.7. The summed E-state index contributed by atoms with van der Waals surface area (Å²) in [5, 5.41) is 0. The van der Waals surface area contributed by atoms with Crippen LogP contribution in [0.25, 0.3) is 0 Å². The van der Waals surface area contributed by atoms with E-state index in [1.165, 1.54) is 44.3 Å². The minimum atomic E-state index is -0.391. The minimum absolute atomic E-state index is 0.307. The molecule has 5 nitrogen and oxygen atoms in total. The molecule has 1 aromatic carbocycles. The summed E-state index contributed by atoms with van der Waals surface area (Å²) in [7, 11) is -0.391. The first-order valence-electron chi connectivity index (χ1n) is 13.8. The maximum absolute atomic E-state index is 14.1. The smallest absolute Gasteiger partial charge is 0.399 e. The van der Waals surface area contributed by atoms with Crippen LogP contribution >= 0.6 is 0 Å². The summed E-state index contributed by atoms with van der Waals surface area (Å²) in [5.41, 5.74) is 2.40. The molecular formula is C28H41BN2O3. The van der Waals surface area contributed by atoms with Crippen molar-refractivity contribution in [1.82, 2.24) is 4.90 Å². The summed E-state index contributed by atoms with van der Waals surface area (Å²) in [5.74, 6) is 0.371. The second-order valence-electron chi connectivity index (χ2n) is 12.6. The Hall–Kier alpha value is -1.37. The Bertz CT molecular complexity index is 942. The summed E-state index contributed by atoms with van der Waals surface area (Å²) < 4.78 is 12.7. The average molecular weight is 464 g/mol. The van der Waals surface area contributed by atoms with Gasteiger partial charge in [-0.3, -0.25) is 4.79 Å². The van der Waals surface area contributed by atoms with E-state index in [1.54, 1.807) is 0 Å². The van der Waals surface area contributed by atoms with Crippen molar-refractivity contribution in [2.75, 3.05) is 18.0 Å². The van der Waals surface area contributed by atoms with Crippen molar-refractivity contribution < 1.29 is 14.1 Å². The number of amides is 1. The normalized spacial score (nSPS) is 32.2. The molecule has 184 valence electrons. The van der Waals surface area contributed by atoms with Gasteiger partial charge in [0.05, 0.1) is 16.6 Å². The van der Waals surface area contributed by atoms with Crippen molar-refractivity contribution in [3.63, 3.8) is 0 Å². The molecule has 3 aliphatic heterocycles. The molecule has 0 aromatic heterocycles. The maximum Gasteiger partial charge on any atom is 0.494 e. The van der Waals surface area contributed by atoms with Gasteiger partial charge < -0.3 is 19.1 Å². The largest absolute Gasteiger partial charge is 0.494 e. The fourth-order valence-electron chi connectivity index (χ4n) is 7.09. The number of nitrogens with zero attached hydrogens (tertiary/aromatic N) is 2. The second kappa shape index (κ2) is 8.08. The number of hydrogen-bond donors (Lipinski definition) is 0. The van der Waals surface area contributed by atoms with Gasteiger partial charge in [-0.05, 0) is 96.4 Å². The van der Waals surface area contributed by atoms with Crippen LogP contribution in [0.2, 0.25) is 0 Å². The van der Waals surface area contributed by atoms with E-state index in [9.17, 15) is 4.79 Å². The molecule has 0 unspecified atom stereocenters. The van der Waals surface area contributed by atoms with E-state index in [0.29, 0.717) is 18.0 Å². The first kappa shape index (κ1) is 23.1. The van der Waals surface area contributed by atoms with Gasteiger partial charge in [0.15, 0.2) is 0 Å². The number of benzene rings is 1. The van der Waals surface area contributed by atoms with Gasteiger partial charge in [-0.1, -0.05) is 37.8 Å². The van der Waals surface area contributed by atoms with Crippen LogP contribution in [0.4, 0.5) is 5.69 Å². The maximum atomic E-state index is 14.1. The quantitative estimate of drug-likeness (QED) is 0.616. The van der Waals surface area contributed by atoms with Crippen LogP contribution in [0.3, 0.4) is 0 Å². The lowest BCUT2D eigenvalue weighted by Crippen LogP contribution is -2.57. The summed E-state index contributed by atoms with van der Waals surface area (Å²) in [6.45, 7) is 10.9. The van der Waals surface area contributed by atoms with E-state index in [-0.39, 0.29) is 16.6 Å². The third-order valence-electron chi connectivity index (χ3n) is 10.0. The van der Waals surface area contributed by atoms with Crippen molar-refractivity contribution in [2.45, 2.75) is 121 Å². The van der Waals surface area contributed by atoms with Gasteiger partial charge in [-0.15, -0.1) is 0 Å². The van der Waals surface area contributed by atoms with Crippen LogP contribution in [0, 0.1) is 0 Å². The van der Waals surface area contributed by atoms with Crippen LogP contribution in [0.1, 0.15) is 97.5 Å². The molecule has 34 heavy (non-hydrogen) atoms. The predicted molar refractivity (Wildman–Crippen MR) is 137 cm³/mol. The monoisotopic (exact) mass is 464 g/mol. The van der Waals surface area contributed by atoms with Crippen molar-refractivity contribution in [1.29, 1.82) is 0 Å². The molecule has 0 bridgehead atoms. The number of hydrogen-bond acceptors (Lipinski definition) is 4. The number of carbonyl (C=O) groups is 1. The molecule has 3 heterocycles. The molecule has 2 saturated carbocycles. The fraction of sp³-hybridized carbons (Fsp3) is 0.750. The SMILES string of the molecule is CC1(C)OB(c2ccc3c(c2)N(C2CC(N4CCCCC4)C2)C(=O)C32CCCCC2)OC1(C)C. The lowest BCUT2D eigenvalue weighted by atomic mass is 9.69. The van der Waals surface area contributed by atoms with Gasteiger partial charge in [-0.25, -0.2) is 0 Å². The Balaban J connectivity index is 1.31. The molecule has 6 rings (SSSR count). The highest BCUT2D eigenvalue weighted by Crippen LogP contribution is 2.52. The lowest BCUT2D eigenvalue weighted by molar-refractivity contribution is -0.125. The molecule has 0 radical (unpaired) electrons. The molecule has 5 aliphatic rings. The van der Waals surface area contributed by atoms with E-state index >= 15 is 0 Å². The van der Waals surface area contributed by atoms with E-state index < -0.39 is 7.12 Å². The molecule has 4 fully saturated rings. The van der Waals surface area contributed by atoms with E-state index in [4.69, 9.17) is 9.31 Å². The van der Waals surface area contributed by atoms with Crippen LogP contribution in [0.5, 0.6) is 0 Å². The van der Waals surface area contributed by atoms with Gasteiger partial charge in [0.1, 0.15) is 0 Å². The Morgan fingerprint density at radius 3 is 2.12 bits per heavy atom. The van der Waals surface area contributed by atoms with Crippen LogP contribution in [-0.2, 0) is 19.5 Å². The molecule has 1 spiro atoms. The Labute approximate surface area is 205 Å². The van der Waals surface area contributed by atoms with E-state index in [1.807, 2.05) is 0 Å². The number of likely N-dealkylation sites (tertiary alicyclic amines) is 1. The predicted octanol–water partition coefficient (Wildman–Crippen LogP) is 4.55. The van der Waals surface area contributed by atoms with Gasteiger partial charge in [0.2, 0.25) is 5.91 Å². The number of carbonyl (C=O) groups excluding carboxylic acids is 1. The number of rotatable bonds is 3. The molecule has 1 aromatic rings. The first-order chi connectivity index (χ1) is 16.2. The highest BCUT2D eigenvalue weighted by atomic mass is 16.7. The molecule has 2 saturated heterocycles. The second-order valence-corrected chi connectivity index (χ2v) is 12.6. The highest BCUT2D eigenvalue weighted by Gasteiger charge is 2.56. The first-order valence-corrected chi connectivity index (χ1v) is 13.8. The Morgan fingerprint density at radius 2 is 1.47 bits per heavy atom. The highest BCUT2D eigenvalue weighted by molar-refractivity contribution is 6.62. The molecule has 6 heteroatoms. The molecule has 0 N–H and O–H groups in total. The van der Waals surface area contributed by atoms with Gasteiger partial charge in [0, 0.05) is 17.8 Å². The Morgan fingerprint density at radius 1 is 0.853 bits per heavy atom. The molecule has 0 atom stereocenters. The number of fused-ring (bicyclic) bond motifs is 2. The lowest BCUT2D eigenvalue weighted by Gasteiger charge is -2.48. The summed E-state index contributed by atoms with van der Waals surface area (Å²) in [6, 6.07) is 7.60. The topological polar surface area (TPSA) is 42.0 Å². The minimum Gasteiger partial charge on any atom is -0.399 e. The van der Waals surface area contributed by atoms with Crippen LogP contribution in [0.15, 0.2) is 18.2 Å². The molecule has 1 amide bonds. The summed E-state index contributed by atoms with van der Waals surface area (Å²) >= 11 is 0. The van der Waals surface area contributed by atoms with Crippen LogP contribution in [-0.4, -0.2) is 54.3 Å². The average Bonchev–Trinajstić information content (AvgIpc) is 3.15. The van der Waals surface area contributed by atoms with Crippen molar-refractivity contribution in [3.8, 4) is 0 Å². The fourth-order valence-corrected chi connectivity index (χ4v) is 7.09. The third-order valence-corrected chi connectivity index (χ3v) is 10.0. The van der Waals surface area contributed by atoms with E-state index in [2.05, 4.69) is 55.7 Å². The van der Waals surface area contributed by atoms with Crippen molar-refractivity contribution >= 4 is 24.2 Å². The number of anilines is 1. The van der Waals surface area contributed by atoms with Gasteiger partial charge in [-0.2, -0.15) is 0 Å². The Kier molecular flexibility index (Phi) is 5.48. The third kappa shape index (κ3) is 3.42. The zero-order valence-corrected chi connectivity index (χ0v) is 21.6. The summed E-state index contributed by atoms with van der Waals surface area (Å²) in [6.07, 6.45) is 11.8. The molecular weight excluding hydrogens is 423 g/mol. The van der Waals surface area contributed by atoms with Gasteiger partial charge >= 0.3 is 7.12 Å². The zero-order valence-electron chi connectivity index (χ0n) is 21.6. The van der Waals surface area contributed by atoms with Crippen molar-refractivity contribution in [3.05, 3.63) is 23.8 Å². The van der Waals surface area contributed by atoms with Gasteiger partial charge in [0.25, 0.3) is 0 Å². The van der Waals surface area contributed by atoms with Crippen LogP contribution < -0.4 is 10.4 Å². The molecule has 2 aliphatic carbocycles. The van der Waals surface area contributed by atoms with E-state index in [0.717, 1.165) is 49.7 Å². The summed E-state index contributed by atoms with van der Waals surface area (Å²) in [4.78, 5) is 19.0. The standard InChI is InChI=1S/C28H41BN2O3/c1-26(2)27(3,4)34-29(33-26)20-11-12-23-24(17-20)31(25(32)28(23)13-7-5-8-14-28)22-18-21(19-22)30-15-9-6-10-16-30/h11-12,17,21-22H,5-10,13-16,18-19H2,1-4H3.